The molecule has 2 aromatic carbocycles. The molecule has 0 unspecified atom stereocenters. The summed E-state index contributed by atoms with van der Waals surface area (Å²) in [5.41, 5.74) is 4.96. The average molecular weight is 351 g/mol. The lowest BCUT2D eigenvalue weighted by atomic mass is 10.1. The first-order valence-electron chi connectivity index (χ1n) is 9.47. The minimum Gasteiger partial charge on any atom is -0.384 e. The summed E-state index contributed by atoms with van der Waals surface area (Å²) in [5.74, 6) is 0.253. The highest BCUT2D eigenvalue weighted by molar-refractivity contribution is 5.77. The van der Waals surface area contributed by atoms with Gasteiger partial charge in [0.15, 0.2) is 0 Å². The molecule has 0 saturated carbocycles. The standard InChI is InChI=1S/C22H29N3O/c1-18-7-6-8-19(2)22(18)23-12-11-21(26)25-15-13-24(14-16-25)17-20-9-4-3-5-10-20/h3-10,23H,11-17H2,1-2H3. The van der Waals surface area contributed by atoms with Gasteiger partial charge in [0.05, 0.1) is 0 Å². The van der Waals surface area contributed by atoms with Gasteiger partial charge in [-0.15, -0.1) is 0 Å². The molecule has 0 radical (unpaired) electrons. The van der Waals surface area contributed by atoms with E-state index in [9.17, 15) is 4.79 Å². The fourth-order valence-electron chi connectivity index (χ4n) is 3.54. The van der Waals surface area contributed by atoms with E-state index in [2.05, 4.69) is 66.5 Å². The van der Waals surface area contributed by atoms with Gasteiger partial charge >= 0.3 is 0 Å². The molecule has 138 valence electrons. The van der Waals surface area contributed by atoms with Crippen LogP contribution in [-0.4, -0.2) is 48.4 Å². The molecular formula is C22H29N3O. The molecular weight excluding hydrogens is 322 g/mol. The minimum atomic E-state index is 0.253. The fraction of sp³-hybridized carbons (Fsp3) is 0.409. The second kappa shape index (κ2) is 8.86. The Hall–Kier alpha value is -2.33. The molecule has 1 fully saturated rings. The third-order valence-electron chi connectivity index (χ3n) is 5.10. The molecule has 1 heterocycles. The third kappa shape index (κ3) is 4.85. The van der Waals surface area contributed by atoms with E-state index in [1.54, 1.807) is 0 Å². The van der Waals surface area contributed by atoms with Gasteiger partial charge in [-0.05, 0) is 30.5 Å². The predicted octanol–water partition coefficient (Wildman–Crippen LogP) is 3.45. The Balaban J connectivity index is 1.41. The van der Waals surface area contributed by atoms with Crippen molar-refractivity contribution in [2.75, 3.05) is 38.0 Å². The minimum absolute atomic E-state index is 0.253. The van der Waals surface area contributed by atoms with Gasteiger partial charge in [-0.25, -0.2) is 0 Å². The smallest absolute Gasteiger partial charge is 0.224 e. The number of amides is 1. The lowest BCUT2D eigenvalue weighted by Crippen LogP contribution is -2.48. The van der Waals surface area contributed by atoms with Crippen molar-refractivity contribution >= 4 is 11.6 Å². The van der Waals surface area contributed by atoms with E-state index < -0.39 is 0 Å². The van der Waals surface area contributed by atoms with Crippen LogP contribution >= 0.6 is 0 Å². The van der Waals surface area contributed by atoms with Gasteiger partial charge in [0.25, 0.3) is 0 Å². The van der Waals surface area contributed by atoms with Crippen molar-refractivity contribution in [3.63, 3.8) is 0 Å². The first-order valence-corrected chi connectivity index (χ1v) is 9.47. The number of carbonyl (C=O) groups is 1. The van der Waals surface area contributed by atoms with Gasteiger partial charge in [-0.2, -0.15) is 0 Å². The van der Waals surface area contributed by atoms with Crippen molar-refractivity contribution in [3.8, 4) is 0 Å². The van der Waals surface area contributed by atoms with E-state index in [0.29, 0.717) is 13.0 Å². The van der Waals surface area contributed by atoms with Crippen LogP contribution in [0.15, 0.2) is 48.5 Å². The number of hydrogen-bond donors (Lipinski definition) is 1. The maximum absolute atomic E-state index is 12.5. The number of nitrogens with one attached hydrogen (secondary N) is 1. The zero-order valence-electron chi connectivity index (χ0n) is 15.9. The van der Waals surface area contributed by atoms with Crippen LogP contribution in [0.4, 0.5) is 5.69 Å². The monoisotopic (exact) mass is 351 g/mol. The Morgan fingerprint density at radius 1 is 0.923 bits per heavy atom. The molecule has 0 aliphatic carbocycles. The summed E-state index contributed by atoms with van der Waals surface area (Å²) in [4.78, 5) is 16.9. The lowest BCUT2D eigenvalue weighted by Gasteiger charge is -2.35. The van der Waals surface area contributed by atoms with E-state index in [1.165, 1.54) is 16.7 Å². The highest BCUT2D eigenvalue weighted by Crippen LogP contribution is 2.19. The number of anilines is 1. The first-order chi connectivity index (χ1) is 12.6. The number of nitrogens with zero attached hydrogens (tertiary/aromatic N) is 2. The summed E-state index contributed by atoms with van der Waals surface area (Å²) in [6.07, 6.45) is 0.548. The zero-order chi connectivity index (χ0) is 18.4. The number of para-hydroxylation sites is 1. The summed E-state index contributed by atoms with van der Waals surface area (Å²) < 4.78 is 0. The van der Waals surface area contributed by atoms with Crippen LogP contribution in [0.3, 0.4) is 0 Å². The predicted molar refractivity (Wildman–Crippen MR) is 107 cm³/mol. The summed E-state index contributed by atoms with van der Waals surface area (Å²) in [6, 6.07) is 16.8. The molecule has 0 bridgehead atoms. The maximum Gasteiger partial charge on any atom is 0.224 e. The van der Waals surface area contributed by atoms with Crippen LogP contribution in [0.1, 0.15) is 23.1 Å². The fourth-order valence-corrected chi connectivity index (χ4v) is 3.54. The largest absolute Gasteiger partial charge is 0.384 e. The molecule has 1 saturated heterocycles. The van der Waals surface area contributed by atoms with Crippen LogP contribution in [0.2, 0.25) is 0 Å². The molecule has 0 aromatic heterocycles. The molecule has 4 heteroatoms. The van der Waals surface area contributed by atoms with Gasteiger partial charge in [-0.1, -0.05) is 48.5 Å². The summed E-state index contributed by atoms with van der Waals surface area (Å²) in [6.45, 7) is 9.41. The Kier molecular flexibility index (Phi) is 6.29. The highest BCUT2D eigenvalue weighted by atomic mass is 16.2. The van der Waals surface area contributed by atoms with Crippen molar-refractivity contribution < 1.29 is 4.79 Å². The molecule has 1 amide bonds. The zero-order valence-corrected chi connectivity index (χ0v) is 15.9. The lowest BCUT2D eigenvalue weighted by molar-refractivity contribution is -0.132. The first kappa shape index (κ1) is 18.5. The molecule has 0 spiro atoms. The molecule has 1 aliphatic heterocycles. The van der Waals surface area contributed by atoms with Crippen molar-refractivity contribution in [3.05, 3.63) is 65.2 Å². The van der Waals surface area contributed by atoms with Crippen molar-refractivity contribution in [1.82, 2.24) is 9.80 Å². The number of hydrogen-bond acceptors (Lipinski definition) is 3. The van der Waals surface area contributed by atoms with E-state index in [4.69, 9.17) is 0 Å². The van der Waals surface area contributed by atoms with Crippen LogP contribution in [0, 0.1) is 13.8 Å². The topological polar surface area (TPSA) is 35.6 Å². The molecule has 3 rings (SSSR count). The van der Waals surface area contributed by atoms with E-state index in [0.717, 1.165) is 38.4 Å². The van der Waals surface area contributed by atoms with Crippen LogP contribution in [0.25, 0.3) is 0 Å². The SMILES string of the molecule is Cc1cccc(C)c1NCCC(=O)N1CCN(Cc2ccccc2)CC1. The summed E-state index contributed by atoms with van der Waals surface area (Å²) in [7, 11) is 0. The second-order valence-electron chi connectivity index (χ2n) is 7.09. The Bertz CT molecular complexity index is 701. The second-order valence-corrected chi connectivity index (χ2v) is 7.09. The van der Waals surface area contributed by atoms with Crippen LogP contribution in [0.5, 0.6) is 0 Å². The quantitative estimate of drug-likeness (QED) is 0.866. The molecule has 26 heavy (non-hydrogen) atoms. The Morgan fingerprint density at radius 2 is 1.58 bits per heavy atom. The van der Waals surface area contributed by atoms with E-state index in [-0.39, 0.29) is 5.91 Å². The summed E-state index contributed by atoms with van der Waals surface area (Å²) in [5, 5.41) is 3.43. The van der Waals surface area contributed by atoms with Gasteiger partial charge in [0, 0.05) is 51.4 Å². The molecule has 1 N–H and O–H groups in total. The number of piperazine rings is 1. The van der Waals surface area contributed by atoms with Crippen LogP contribution in [-0.2, 0) is 11.3 Å². The molecule has 0 atom stereocenters. The molecule has 1 aliphatic rings. The van der Waals surface area contributed by atoms with Gasteiger partial charge < -0.3 is 10.2 Å². The van der Waals surface area contributed by atoms with Gasteiger partial charge in [0.2, 0.25) is 5.91 Å². The van der Waals surface area contributed by atoms with Gasteiger partial charge in [-0.3, -0.25) is 9.69 Å². The average Bonchev–Trinajstić information content (AvgIpc) is 2.65. The van der Waals surface area contributed by atoms with E-state index in [1.807, 2.05) is 11.0 Å². The number of rotatable bonds is 6. The molecule has 2 aromatic rings. The Morgan fingerprint density at radius 3 is 2.23 bits per heavy atom. The summed E-state index contributed by atoms with van der Waals surface area (Å²) >= 11 is 0. The van der Waals surface area contributed by atoms with Crippen molar-refractivity contribution in [1.29, 1.82) is 0 Å². The number of aryl methyl sites for hydroxylation is 2. The maximum atomic E-state index is 12.5. The Labute approximate surface area is 156 Å². The molecule has 4 nitrogen and oxygen atoms in total. The van der Waals surface area contributed by atoms with E-state index >= 15 is 0 Å². The van der Waals surface area contributed by atoms with Crippen LogP contribution < -0.4 is 5.32 Å². The van der Waals surface area contributed by atoms with Crippen molar-refractivity contribution in [2.24, 2.45) is 0 Å². The van der Waals surface area contributed by atoms with Crippen molar-refractivity contribution in [2.45, 2.75) is 26.8 Å². The van der Waals surface area contributed by atoms with Gasteiger partial charge in [0.1, 0.15) is 0 Å². The normalized spacial score (nSPS) is 15.1. The number of carbonyl (C=O) groups excluding carboxylic acids is 1. The third-order valence-corrected chi connectivity index (χ3v) is 5.10. The number of benzene rings is 2. The highest BCUT2D eigenvalue weighted by Gasteiger charge is 2.20.